The van der Waals surface area contributed by atoms with Gasteiger partial charge in [-0.25, -0.2) is 0 Å². The van der Waals surface area contributed by atoms with E-state index in [0.717, 1.165) is 25.9 Å². The molecule has 0 aromatic heterocycles. The molecule has 0 saturated carbocycles. The highest BCUT2D eigenvalue weighted by molar-refractivity contribution is 5.57. The molecule has 0 bridgehead atoms. The van der Waals surface area contributed by atoms with Gasteiger partial charge in [0.1, 0.15) is 0 Å². The SMILES string of the molecule is O=[N+]([O-])/C(=C/N1CCCC1)c1ccccc1. The predicted octanol–water partition coefficient (Wildman–Crippen LogP) is 2.36. The Hall–Kier alpha value is -1.84. The number of rotatable bonds is 3. The van der Waals surface area contributed by atoms with Crippen LogP contribution in [0.3, 0.4) is 0 Å². The van der Waals surface area contributed by atoms with Crippen molar-refractivity contribution in [3.63, 3.8) is 0 Å². The minimum Gasteiger partial charge on any atom is -0.372 e. The van der Waals surface area contributed by atoms with Crippen LogP contribution in [0.15, 0.2) is 36.5 Å². The lowest BCUT2D eigenvalue weighted by molar-refractivity contribution is -0.376. The maximum atomic E-state index is 11.0. The lowest BCUT2D eigenvalue weighted by atomic mass is 10.2. The van der Waals surface area contributed by atoms with Gasteiger partial charge in [0.25, 0.3) is 5.70 Å². The number of hydrogen-bond acceptors (Lipinski definition) is 3. The van der Waals surface area contributed by atoms with Gasteiger partial charge in [0.05, 0.1) is 16.7 Å². The molecule has 0 atom stereocenters. The zero-order valence-electron chi connectivity index (χ0n) is 9.00. The summed E-state index contributed by atoms with van der Waals surface area (Å²) in [4.78, 5) is 12.7. The summed E-state index contributed by atoms with van der Waals surface area (Å²) in [6.45, 7) is 1.84. The van der Waals surface area contributed by atoms with Crippen molar-refractivity contribution in [1.29, 1.82) is 0 Å². The maximum absolute atomic E-state index is 11.0. The van der Waals surface area contributed by atoms with Crippen LogP contribution in [0.1, 0.15) is 18.4 Å². The summed E-state index contributed by atoms with van der Waals surface area (Å²) in [6, 6.07) is 9.03. The molecule has 2 rings (SSSR count). The molecule has 4 heteroatoms. The third-order valence-corrected chi connectivity index (χ3v) is 2.71. The largest absolute Gasteiger partial charge is 0.372 e. The Labute approximate surface area is 94.3 Å². The first kappa shape index (κ1) is 10.7. The molecule has 0 amide bonds. The van der Waals surface area contributed by atoms with Gasteiger partial charge in [-0.2, -0.15) is 0 Å². The first-order chi connectivity index (χ1) is 7.77. The Bertz CT molecular complexity index is 395. The molecule has 1 saturated heterocycles. The van der Waals surface area contributed by atoms with E-state index in [9.17, 15) is 10.1 Å². The number of nitro groups is 1. The van der Waals surface area contributed by atoms with Crippen LogP contribution in [0.4, 0.5) is 0 Å². The van der Waals surface area contributed by atoms with Crippen LogP contribution in [0.5, 0.6) is 0 Å². The molecule has 84 valence electrons. The van der Waals surface area contributed by atoms with Crippen LogP contribution in [0.25, 0.3) is 5.70 Å². The van der Waals surface area contributed by atoms with E-state index in [4.69, 9.17) is 0 Å². The van der Waals surface area contributed by atoms with Crippen molar-refractivity contribution in [2.24, 2.45) is 0 Å². The van der Waals surface area contributed by atoms with Crippen LogP contribution in [0.2, 0.25) is 0 Å². The van der Waals surface area contributed by atoms with Gasteiger partial charge in [-0.05, 0) is 25.0 Å². The van der Waals surface area contributed by atoms with Crippen LogP contribution in [0, 0.1) is 10.1 Å². The Kier molecular flexibility index (Phi) is 3.19. The third-order valence-electron chi connectivity index (χ3n) is 2.71. The molecule has 0 N–H and O–H groups in total. The number of hydrogen-bond donors (Lipinski definition) is 0. The number of nitrogens with zero attached hydrogens (tertiary/aromatic N) is 2. The van der Waals surface area contributed by atoms with Crippen molar-refractivity contribution in [3.8, 4) is 0 Å². The quantitative estimate of drug-likeness (QED) is 0.578. The molecular weight excluding hydrogens is 204 g/mol. The van der Waals surface area contributed by atoms with E-state index >= 15 is 0 Å². The third kappa shape index (κ3) is 2.39. The molecule has 1 aliphatic heterocycles. The molecule has 0 radical (unpaired) electrons. The molecule has 1 aromatic carbocycles. The molecule has 1 aliphatic rings. The topological polar surface area (TPSA) is 46.4 Å². The van der Waals surface area contributed by atoms with E-state index in [1.54, 1.807) is 18.3 Å². The molecule has 4 nitrogen and oxygen atoms in total. The summed E-state index contributed by atoms with van der Waals surface area (Å²) >= 11 is 0. The zero-order chi connectivity index (χ0) is 11.4. The van der Waals surface area contributed by atoms with Crippen LogP contribution in [-0.4, -0.2) is 22.9 Å². The minimum atomic E-state index is -0.312. The van der Waals surface area contributed by atoms with Crippen molar-refractivity contribution in [1.82, 2.24) is 4.90 Å². The van der Waals surface area contributed by atoms with Crippen molar-refractivity contribution >= 4 is 5.70 Å². The summed E-state index contributed by atoms with van der Waals surface area (Å²) in [5.41, 5.74) is 0.849. The van der Waals surface area contributed by atoms with E-state index in [1.165, 1.54) is 0 Å². The minimum absolute atomic E-state index is 0.183. The average molecular weight is 218 g/mol. The van der Waals surface area contributed by atoms with Crippen LogP contribution >= 0.6 is 0 Å². The van der Waals surface area contributed by atoms with Gasteiger partial charge in [0.2, 0.25) is 0 Å². The van der Waals surface area contributed by atoms with Gasteiger partial charge in [-0.3, -0.25) is 10.1 Å². The Morgan fingerprint density at radius 2 is 1.88 bits per heavy atom. The van der Waals surface area contributed by atoms with Gasteiger partial charge >= 0.3 is 0 Å². The first-order valence-corrected chi connectivity index (χ1v) is 5.43. The highest BCUT2D eigenvalue weighted by Gasteiger charge is 2.17. The van der Waals surface area contributed by atoms with Crippen molar-refractivity contribution in [2.45, 2.75) is 12.8 Å². The number of benzene rings is 1. The molecule has 1 fully saturated rings. The lowest BCUT2D eigenvalue weighted by Gasteiger charge is -2.10. The number of likely N-dealkylation sites (tertiary alicyclic amines) is 1. The fraction of sp³-hybridized carbons (Fsp3) is 0.333. The van der Waals surface area contributed by atoms with Crippen LogP contribution < -0.4 is 0 Å². The summed E-state index contributed by atoms with van der Waals surface area (Å²) in [6.07, 6.45) is 3.91. The second kappa shape index (κ2) is 4.79. The first-order valence-electron chi connectivity index (χ1n) is 5.43. The molecule has 1 aromatic rings. The molecular formula is C12H14N2O2. The van der Waals surface area contributed by atoms with Gasteiger partial charge in [-0.1, -0.05) is 18.2 Å². The highest BCUT2D eigenvalue weighted by Crippen LogP contribution is 2.18. The molecule has 0 aliphatic carbocycles. The fourth-order valence-electron chi connectivity index (χ4n) is 1.88. The van der Waals surface area contributed by atoms with Crippen LogP contribution in [-0.2, 0) is 0 Å². The summed E-state index contributed by atoms with van der Waals surface area (Å²) < 4.78 is 0. The van der Waals surface area contributed by atoms with E-state index in [0.29, 0.717) is 5.56 Å². The molecule has 0 unspecified atom stereocenters. The van der Waals surface area contributed by atoms with E-state index in [1.807, 2.05) is 23.1 Å². The Morgan fingerprint density at radius 1 is 1.25 bits per heavy atom. The summed E-state index contributed by atoms with van der Waals surface area (Å²) in [5.74, 6) is 0. The van der Waals surface area contributed by atoms with Gasteiger partial charge in [0, 0.05) is 13.1 Å². The maximum Gasteiger partial charge on any atom is 0.292 e. The fourth-order valence-corrected chi connectivity index (χ4v) is 1.88. The standard InChI is InChI=1S/C12H14N2O2/c15-14(16)12(10-13-8-4-5-9-13)11-6-2-1-3-7-11/h1-3,6-7,10H,4-5,8-9H2/b12-10+. The predicted molar refractivity (Wildman–Crippen MR) is 62.2 cm³/mol. The molecule has 1 heterocycles. The van der Waals surface area contributed by atoms with Crippen molar-refractivity contribution in [2.75, 3.05) is 13.1 Å². The van der Waals surface area contributed by atoms with Gasteiger partial charge in [-0.15, -0.1) is 0 Å². The smallest absolute Gasteiger partial charge is 0.292 e. The van der Waals surface area contributed by atoms with Crippen molar-refractivity contribution in [3.05, 3.63) is 52.2 Å². The lowest BCUT2D eigenvalue weighted by Crippen LogP contribution is -2.13. The summed E-state index contributed by atoms with van der Waals surface area (Å²) in [7, 11) is 0. The summed E-state index contributed by atoms with van der Waals surface area (Å²) in [5, 5.41) is 11.0. The Balaban J connectivity index is 2.26. The molecule has 0 spiro atoms. The van der Waals surface area contributed by atoms with E-state index in [2.05, 4.69) is 0 Å². The average Bonchev–Trinajstić information content (AvgIpc) is 2.79. The Morgan fingerprint density at radius 3 is 2.44 bits per heavy atom. The normalized spacial score (nSPS) is 16.5. The zero-order valence-corrected chi connectivity index (χ0v) is 9.00. The van der Waals surface area contributed by atoms with E-state index in [-0.39, 0.29) is 10.6 Å². The van der Waals surface area contributed by atoms with Gasteiger partial charge in [0.15, 0.2) is 0 Å². The second-order valence-electron chi connectivity index (χ2n) is 3.88. The second-order valence-corrected chi connectivity index (χ2v) is 3.88. The monoisotopic (exact) mass is 218 g/mol. The highest BCUT2D eigenvalue weighted by atomic mass is 16.6. The van der Waals surface area contributed by atoms with E-state index < -0.39 is 0 Å². The molecule has 16 heavy (non-hydrogen) atoms. The van der Waals surface area contributed by atoms with Gasteiger partial charge < -0.3 is 4.90 Å². The van der Waals surface area contributed by atoms with Crippen molar-refractivity contribution < 1.29 is 4.92 Å².